The smallest absolute Gasteiger partial charge is 0.384 e. The number of rotatable bonds is 7. The molecule has 31 heavy (non-hydrogen) atoms. The van der Waals surface area contributed by atoms with Crippen LogP contribution in [0.4, 0.5) is 26.3 Å². The van der Waals surface area contributed by atoms with Gasteiger partial charge in [0.15, 0.2) is 0 Å². The van der Waals surface area contributed by atoms with Crippen molar-refractivity contribution in [3.63, 3.8) is 0 Å². The molecule has 2 rings (SSSR count). The maximum Gasteiger partial charge on any atom is 0.417 e. The van der Waals surface area contributed by atoms with Gasteiger partial charge in [-0.25, -0.2) is 0 Å². The Kier molecular flexibility index (Phi) is 7.97. The molecule has 2 atom stereocenters. The number of carbonyl (C=O) groups is 1. The highest BCUT2D eigenvalue weighted by molar-refractivity contribution is 5.78. The van der Waals surface area contributed by atoms with E-state index in [1.54, 1.807) is 6.92 Å². The summed E-state index contributed by atoms with van der Waals surface area (Å²) in [4.78, 5) is 12.3. The van der Waals surface area contributed by atoms with E-state index < -0.39 is 35.3 Å². The third-order valence-corrected chi connectivity index (χ3v) is 4.76. The number of carbonyl (C=O) groups excluding carboxylic acids is 1. The fraction of sp³-hybridized carbons (Fsp3) is 0.409. The Morgan fingerprint density at radius 1 is 1.13 bits per heavy atom. The van der Waals surface area contributed by atoms with Crippen molar-refractivity contribution in [1.82, 2.24) is 10.6 Å². The van der Waals surface area contributed by atoms with Crippen LogP contribution in [0.15, 0.2) is 54.3 Å². The highest BCUT2D eigenvalue weighted by Crippen LogP contribution is 2.40. The van der Waals surface area contributed by atoms with E-state index >= 15 is 0 Å². The van der Waals surface area contributed by atoms with E-state index in [-0.39, 0.29) is 18.2 Å². The number of hydrogen-bond donors (Lipinski definition) is 2. The second kappa shape index (κ2) is 10.1. The minimum atomic E-state index is -5.16. The van der Waals surface area contributed by atoms with Gasteiger partial charge in [-0.15, -0.1) is 0 Å². The standard InChI is InChI=1S/C22H24F6N2O/c1-14(12-29-17-6-4-3-5-7-17)10-15(2)20(31)30-13-16-8-9-18(21(23,24)25)19(11-16)22(26,27)28/h3-6,8-9,11-12,15,17,29H,7,10,13H2,1-2H3,(H,30,31)/b14-12+/t15-,17?/m1/s1. The topological polar surface area (TPSA) is 41.1 Å². The molecule has 0 radical (unpaired) electrons. The monoisotopic (exact) mass is 446 g/mol. The molecule has 0 aliphatic heterocycles. The van der Waals surface area contributed by atoms with Crippen molar-refractivity contribution in [3.05, 3.63) is 71.0 Å². The molecule has 9 heteroatoms. The fourth-order valence-electron chi connectivity index (χ4n) is 3.13. The molecule has 1 aliphatic rings. The summed E-state index contributed by atoms with van der Waals surface area (Å²) in [6.07, 6.45) is 0.751. The van der Waals surface area contributed by atoms with E-state index in [0.29, 0.717) is 18.6 Å². The number of allylic oxidation sites excluding steroid dienone is 3. The van der Waals surface area contributed by atoms with E-state index in [0.717, 1.165) is 18.1 Å². The lowest BCUT2D eigenvalue weighted by Gasteiger charge is -2.18. The summed E-state index contributed by atoms with van der Waals surface area (Å²) in [6, 6.07) is 1.92. The van der Waals surface area contributed by atoms with Gasteiger partial charge in [0, 0.05) is 18.5 Å². The molecule has 0 heterocycles. The SMILES string of the molecule is C/C(=C\NC1C=CC=CC1)C[C@@H](C)C(=O)NCc1ccc(C(F)(F)F)c(C(F)(F)F)c1. The van der Waals surface area contributed by atoms with Gasteiger partial charge in [-0.05, 0) is 43.7 Å². The first-order valence-corrected chi connectivity index (χ1v) is 9.68. The number of amides is 1. The van der Waals surface area contributed by atoms with E-state index in [9.17, 15) is 31.1 Å². The molecule has 1 aromatic carbocycles. The highest BCUT2D eigenvalue weighted by atomic mass is 19.4. The third kappa shape index (κ3) is 7.48. The maximum absolute atomic E-state index is 13.0. The van der Waals surface area contributed by atoms with Gasteiger partial charge in [0.2, 0.25) is 5.91 Å². The molecule has 2 N–H and O–H groups in total. The number of hydrogen-bond acceptors (Lipinski definition) is 2. The number of alkyl halides is 6. The van der Waals surface area contributed by atoms with Crippen molar-refractivity contribution in [1.29, 1.82) is 0 Å². The molecule has 0 bridgehead atoms. The van der Waals surface area contributed by atoms with Gasteiger partial charge in [-0.2, -0.15) is 26.3 Å². The molecule has 1 aliphatic carbocycles. The Labute approximate surface area is 176 Å². The van der Waals surface area contributed by atoms with E-state index in [1.807, 2.05) is 37.4 Å². The second-order valence-electron chi connectivity index (χ2n) is 7.51. The summed E-state index contributed by atoms with van der Waals surface area (Å²) in [5.74, 6) is -0.863. The quantitative estimate of drug-likeness (QED) is 0.524. The van der Waals surface area contributed by atoms with Crippen LogP contribution >= 0.6 is 0 Å². The normalized spacial score (nSPS) is 18.1. The van der Waals surface area contributed by atoms with Gasteiger partial charge < -0.3 is 10.6 Å². The molecule has 0 aromatic heterocycles. The van der Waals surface area contributed by atoms with Crippen LogP contribution in [-0.4, -0.2) is 11.9 Å². The Morgan fingerprint density at radius 3 is 2.39 bits per heavy atom. The van der Waals surface area contributed by atoms with Crippen molar-refractivity contribution in [2.45, 2.75) is 51.6 Å². The molecule has 0 saturated carbocycles. The lowest BCUT2D eigenvalue weighted by Crippen LogP contribution is -2.29. The van der Waals surface area contributed by atoms with Gasteiger partial charge in [0.05, 0.1) is 11.1 Å². The third-order valence-electron chi connectivity index (χ3n) is 4.76. The van der Waals surface area contributed by atoms with Crippen LogP contribution in [0.5, 0.6) is 0 Å². The van der Waals surface area contributed by atoms with Crippen LogP contribution in [0.1, 0.15) is 43.4 Å². The summed E-state index contributed by atoms with van der Waals surface area (Å²) in [5.41, 5.74) is -2.66. The number of nitrogens with one attached hydrogen (secondary N) is 2. The van der Waals surface area contributed by atoms with Gasteiger partial charge in [0.1, 0.15) is 0 Å². The van der Waals surface area contributed by atoms with Crippen LogP contribution in [0, 0.1) is 5.92 Å². The van der Waals surface area contributed by atoms with Crippen LogP contribution in [0.2, 0.25) is 0 Å². The summed E-state index contributed by atoms with van der Waals surface area (Å²) in [7, 11) is 0. The minimum absolute atomic E-state index is 0.0630. The first-order chi connectivity index (χ1) is 14.4. The molecule has 0 saturated heterocycles. The van der Waals surface area contributed by atoms with Gasteiger partial charge in [-0.1, -0.05) is 42.9 Å². The molecule has 3 nitrogen and oxygen atoms in total. The van der Waals surface area contributed by atoms with Crippen molar-refractivity contribution in [2.24, 2.45) is 5.92 Å². The van der Waals surface area contributed by atoms with Crippen molar-refractivity contribution >= 4 is 5.91 Å². The lowest BCUT2D eigenvalue weighted by atomic mass is 10.0. The fourth-order valence-corrected chi connectivity index (χ4v) is 3.13. The summed E-state index contributed by atoms with van der Waals surface area (Å²) < 4.78 is 77.6. The molecular formula is C22H24F6N2O. The van der Waals surface area contributed by atoms with Crippen LogP contribution in [-0.2, 0) is 23.7 Å². The molecule has 170 valence electrons. The number of benzene rings is 1. The average Bonchev–Trinajstić information content (AvgIpc) is 2.69. The van der Waals surface area contributed by atoms with E-state index in [4.69, 9.17) is 0 Å². The second-order valence-corrected chi connectivity index (χ2v) is 7.51. The Hall–Kier alpha value is -2.71. The van der Waals surface area contributed by atoms with Crippen molar-refractivity contribution in [3.8, 4) is 0 Å². The highest BCUT2D eigenvalue weighted by Gasteiger charge is 2.43. The molecule has 1 unspecified atom stereocenters. The van der Waals surface area contributed by atoms with Gasteiger partial charge >= 0.3 is 12.4 Å². The van der Waals surface area contributed by atoms with Crippen molar-refractivity contribution < 1.29 is 31.1 Å². The first kappa shape index (κ1) is 24.6. The minimum Gasteiger partial charge on any atom is -0.384 e. The maximum atomic E-state index is 13.0. The van der Waals surface area contributed by atoms with Crippen LogP contribution in [0.3, 0.4) is 0 Å². The molecule has 1 aromatic rings. The predicted octanol–water partition coefficient (Wildman–Crippen LogP) is 5.74. The molecule has 0 fully saturated rings. The molecule has 1 amide bonds. The summed E-state index contributed by atoms with van der Waals surface area (Å²) in [6.45, 7) is 3.22. The van der Waals surface area contributed by atoms with Crippen molar-refractivity contribution in [2.75, 3.05) is 0 Å². The predicted molar refractivity (Wildman–Crippen MR) is 106 cm³/mol. The van der Waals surface area contributed by atoms with Crippen LogP contribution in [0.25, 0.3) is 0 Å². The first-order valence-electron chi connectivity index (χ1n) is 9.68. The van der Waals surface area contributed by atoms with E-state index in [2.05, 4.69) is 10.6 Å². The summed E-state index contributed by atoms with van der Waals surface area (Å²) in [5, 5.41) is 5.72. The van der Waals surface area contributed by atoms with E-state index in [1.165, 1.54) is 0 Å². The number of halogens is 6. The zero-order chi connectivity index (χ0) is 23.2. The zero-order valence-electron chi connectivity index (χ0n) is 17.1. The Morgan fingerprint density at radius 2 is 1.81 bits per heavy atom. The average molecular weight is 446 g/mol. The van der Waals surface area contributed by atoms with Gasteiger partial charge in [0.25, 0.3) is 0 Å². The van der Waals surface area contributed by atoms with Gasteiger partial charge in [-0.3, -0.25) is 4.79 Å². The Balaban J connectivity index is 1.95. The molecule has 0 spiro atoms. The summed E-state index contributed by atoms with van der Waals surface area (Å²) >= 11 is 0. The molecular weight excluding hydrogens is 422 g/mol. The Bertz CT molecular complexity index is 868. The largest absolute Gasteiger partial charge is 0.417 e. The lowest BCUT2D eigenvalue weighted by molar-refractivity contribution is -0.162. The van der Waals surface area contributed by atoms with Crippen LogP contribution < -0.4 is 10.6 Å². The zero-order valence-corrected chi connectivity index (χ0v) is 17.1.